The summed E-state index contributed by atoms with van der Waals surface area (Å²) in [7, 11) is 3.91. The van der Waals surface area contributed by atoms with Crippen LogP contribution in [-0.4, -0.2) is 35.7 Å². The van der Waals surface area contributed by atoms with Gasteiger partial charge in [0.05, 0.1) is 5.69 Å². The molecule has 1 aliphatic rings. The van der Waals surface area contributed by atoms with Gasteiger partial charge in [0.15, 0.2) is 6.61 Å². The van der Waals surface area contributed by atoms with E-state index >= 15 is 0 Å². The predicted octanol–water partition coefficient (Wildman–Crippen LogP) is 4.60. The molecule has 0 saturated carbocycles. The SMILES string of the molecule is CSc1ccccc1NC(=O)COC(=O)CCCC[C@H]1CCSS1. The molecule has 1 saturated heterocycles. The van der Waals surface area contributed by atoms with Gasteiger partial charge < -0.3 is 10.1 Å². The molecule has 0 unspecified atom stereocenters. The third-order valence-electron chi connectivity index (χ3n) is 3.63. The second-order valence-electron chi connectivity index (χ2n) is 5.48. The van der Waals surface area contributed by atoms with Crippen LogP contribution in [0.4, 0.5) is 5.69 Å². The molecule has 0 bridgehead atoms. The maximum Gasteiger partial charge on any atom is 0.306 e. The summed E-state index contributed by atoms with van der Waals surface area (Å²) in [6.07, 6.45) is 6.65. The van der Waals surface area contributed by atoms with Crippen molar-refractivity contribution in [1.82, 2.24) is 0 Å². The summed E-state index contributed by atoms with van der Waals surface area (Å²) in [5.41, 5.74) is 0.748. The van der Waals surface area contributed by atoms with E-state index in [2.05, 4.69) is 5.32 Å². The summed E-state index contributed by atoms with van der Waals surface area (Å²) in [6.45, 7) is -0.226. The van der Waals surface area contributed by atoms with Crippen molar-refractivity contribution < 1.29 is 14.3 Å². The van der Waals surface area contributed by atoms with Gasteiger partial charge in [-0.25, -0.2) is 0 Å². The number of esters is 1. The van der Waals surface area contributed by atoms with Gasteiger partial charge in [-0.15, -0.1) is 11.8 Å². The molecule has 0 aromatic heterocycles. The van der Waals surface area contributed by atoms with E-state index in [1.54, 1.807) is 11.8 Å². The number of benzene rings is 1. The molecule has 1 N–H and O–H groups in total. The molecule has 24 heavy (non-hydrogen) atoms. The lowest BCUT2D eigenvalue weighted by molar-refractivity contribution is -0.147. The first-order chi connectivity index (χ1) is 11.7. The van der Waals surface area contributed by atoms with E-state index in [1.807, 2.05) is 52.1 Å². The number of hydrogen-bond donors (Lipinski definition) is 1. The first kappa shape index (κ1) is 19.5. The molecule has 1 amide bonds. The molecule has 1 heterocycles. The maximum atomic E-state index is 11.9. The monoisotopic (exact) mass is 385 g/mol. The minimum atomic E-state index is -0.302. The van der Waals surface area contributed by atoms with Crippen molar-refractivity contribution in [3.8, 4) is 0 Å². The Morgan fingerprint density at radius 2 is 2.17 bits per heavy atom. The topological polar surface area (TPSA) is 55.4 Å². The third kappa shape index (κ3) is 6.99. The fourth-order valence-corrected chi connectivity index (χ4v) is 5.94. The van der Waals surface area contributed by atoms with E-state index in [4.69, 9.17) is 4.74 Å². The highest BCUT2D eigenvalue weighted by atomic mass is 33.1. The number of anilines is 1. The van der Waals surface area contributed by atoms with Crippen molar-refractivity contribution in [2.45, 2.75) is 42.2 Å². The Labute approximate surface area is 155 Å². The number of nitrogens with one attached hydrogen (secondary N) is 1. The number of thioether (sulfide) groups is 1. The normalized spacial score (nSPS) is 16.8. The molecule has 1 atom stereocenters. The van der Waals surface area contributed by atoms with Crippen molar-refractivity contribution in [3.05, 3.63) is 24.3 Å². The smallest absolute Gasteiger partial charge is 0.306 e. The molecule has 1 aromatic carbocycles. The number of para-hydroxylation sites is 1. The van der Waals surface area contributed by atoms with Crippen molar-refractivity contribution >= 4 is 50.9 Å². The zero-order chi connectivity index (χ0) is 17.2. The van der Waals surface area contributed by atoms with E-state index < -0.39 is 0 Å². The highest BCUT2D eigenvalue weighted by molar-refractivity contribution is 8.77. The number of amides is 1. The lowest BCUT2D eigenvalue weighted by Crippen LogP contribution is -2.21. The Kier molecular flexibility index (Phi) is 8.91. The largest absolute Gasteiger partial charge is 0.456 e. The second-order valence-corrected chi connectivity index (χ2v) is 9.12. The molecule has 1 aliphatic heterocycles. The zero-order valence-corrected chi connectivity index (χ0v) is 16.2. The lowest BCUT2D eigenvalue weighted by atomic mass is 10.1. The molecular formula is C17H23NO3S3. The first-order valence-corrected chi connectivity index (χ1v) is 11.7. The minimum absolute atomic E-state index is 0.226. The Morgan fingerprint density at radius 3 is 2.92 bits per heavy atom. The summed E-state index contributed by atoms with van der Waals surface area (Å²) in [5.74, 6) is 0.646. The van der Waals surface area contributed by atoms with Crippen LogP contribution in [0.2, 0.25) is 0 Å². The number of hydrogen-bond acceptors (Lipinski definition) is 6. The molecule has 0 radical (unpaired) electrons. The van der Waals surface area contributed by atoms with Crippen LogP contribution in [0.15, 0.2) is 29.2 Å². The molecular weight excluding hydrogens is 362 g/mol. The average molecular weight is 386 g/mol. The van der Waals surface area contributed by atoms with Gasteiger partial charge in [-0.3, -0.25) is 9.59 Å². The lowest BCUT2D eigenvalue weighted by Gasteiger charge is -2.10. The van der Waals surface area contributed by atoms with Crippen LogP contribution in [0, 0.1) is 0 Å². The number of carbonyl (C=O) groups excluding carboxylic acids is 2. The molecule has 132 valence electrons. The number of carbonyl (C=O) groups is 2. The zero-order valence-electron chi connectivity index (χ0n) is 13.8. The van der Waals surface area contributed by atoms with Crippen LogP contribution >= 0.6 is 33.3 Å². The Bertz CT molecular complexity index is 548. The van der Waals surface area contributed by atoms with Crippen LogP contribution in [0.1, 0.15) is 32.1 Å². The van der Waals surface area contributed by atoms with Gasteiger partial charge in [-0.2, -0.15) is 0 Å². The van der Waals surface area contributed by atoms with Gasteiger partial charge in [0, 0.05) is 22.3 Å². The maximum absolute atomic E-state index is 11.9. The first-order valence-electron chi connectivity index (χ1n) is 8.06. The highest BCUT2D eigenvalue weighted by Gasteiger charge is 2.16. The van der Waals surface area contributed by atoms with E-state index in [-0.39, 0.29) is 18.5 Å². The molecule has 1 fully saturated rings. The standard InChI is InChI=1S/C17H23NO3S3/c1-22-15-8-4-3-7-14(15)18-16(19)12-21-17(20)9-5-2-6-13-10-11-23-24-13/h3-4,7-8,13H,2,5-6,9-12H2,1H3,(H,18,19)/t13-/m0/s1. The number of unbranched alkanes of at least 4 members (excludes halogenated alkanes) is 1. The van der Waals surface area contributed by atoms with Gasteiger partial charge in [0.1, 0.15) is 0 Å². The van der Waals surface area contributed by atoms with Gasteiger partial charge in [-0.1, -0.05) is 40.1 Å². The van der Waals surface area contributed by atoms with Crippen LogP contribution < -0.4 is 5.32 Å². The van der Waals surface area contributed by atoms with Crippen molar-refractivity contribution in [2.75, 3.05) is 23.9 Å². The minimum Gasteiger partial charge on any atom is -0.456 e. The Morgan fingerprint density at radius 1 is 1.33 bits per heavy atom. The third-order valence-corrected chi connectivity index (χ3v) is 7.43. The molecule has 0 aliphatic carbocycles. The predicted molar refractivity (Wildman–Crippen MR) is 105 cm³/mol. The Hall–Kier alpha value is -0.790. The van der Waals surface area contributed by atoms with Gasteiger partial charge in [0.2, 0.25) is 0 Å². The van der Waals surface area contributed by atoms with Crippen LogP contribution in [0.5, 0.6) is 0 Å². The van der Waals surface area contributed by atoms with Crippen molar-refractivity contribution in [2.24, 2.45) is 0 Å². The van der Waals surface area contributed by atoms with E-state index in [0.29, 0.717) is 6.42 Å². The van der Waals surface area contributed by atoms with E-state index in [1.165, 1.54) is 12.2 Å². The summed E-state index contributed by atoms with van der Waals surface area (Å²) >= 11 is 1.56. The average Bonchev–Trinajstić information content (AvgIpc) is 3.11. The Balaban J connectivity index is 1.59. The van der Waals surface area contributed by atoms with Crippen LogP contribution in [-0.2, 0) is 14.3 Å². The summed E-state index contributed by atoms with van der Waals surface area (Å²) in [6, 6.07) is 7.56. The van der Waals surface area contributed by atoms with Crippen LogP contribution in [0.25, 0.3) is 0 Å². The van der Waals surface area contributed by atoms with E-state index in [0.717, 1.165) is 35.1 Å². The second kappa shape index (κ2) is 10.9. The molecule has 4 nitrogen and oxygen atoms in total. The fourth-order valence-electron chi connectivity index (χ4n) is 2.36. The molecule has 1 aromatic rings. The summed E-state index contributed by atoms with van der Waals surface area (Å²) in [4.78, 5) is 24.6. The van der Waals surface area contributed by atoms with Crippen molar-refractivity contribution in [3.63, 3.8) is 0 Å². The summed E-state index contributed by atoms with van der Waals surface area (Å²) in [5, 5.41) is 3.52. The highest BCUT2D eigenvalue weighted by Crippen LogP contribution is 2.39. The van der Waals surface area contributed by atoms with Crippen LogP contribution in [0.3, 0.4) is 0 Å². The molecule has 0 spiro atoms. The van der Waals surface area contributed by atoms with Gasteiger partial charge >= 0.3 is 5.97 Å². The van der Waals surface area contributed by atoms with Gasteiger partial charge in [0.25, 0.3) is 5.91 Å². The fraction of sp³-hybridized carbons (Fsp3) is 0.529. The molecule has 2 rings (SSSR count). The van der Waals surface area contributed by atoms with E-state index in [9.17, 15) is 9.59 Å². The molecule has 7 heteroatoms. The number of ether oxygens (including phenoxy) is 1. The summed E-state index contributed by atoms with van der Waals surface area (Å²) < 4.78 is 5.05. The quantitative estimate of drug-likeness (QED) is 0.290. The number of rotatable bonds is 9. The van der Waals surface area contributed by atoms with Gasteiger partial charge in [-0.05, 0) is 37.7 Å². The van der Waals surface area contributed by atoms with Crippen molar-refractivity contribution in [1.29, 1.82) is 0 Å².